The maximum absolute atomic E-state index is 13.4. The maximum Gasteiger partial charge on any atom is 0.159 e. The SMILES string of the molecule is N#Cc1c(-n2c3ccccc3c3ccccc32)c(-n2c3ccc(-c4ncccn4)cc3c3cc(-c4ncccn4)ccc32)c(-n2c3ccccc3c3ccccc32)c(-n2c3ccc(-c4ncccn4)cc3c3cc(-c4ncccn4)ccc32)c1-n1c2ccccc2c2ccccc21. The topological polar surface area (TPSA) is 152 Å². The average molecular weight is 1240 g/mol. The lowest BCUT2D eigenvalue weighted by atomic mass is 10.0. The first-order valence-corrected chi connectivity index (χ1v) is 32.0. The number of hydrogen-bond acceptors (Lipinski definition) is 9. The smallest absolute Gasteiger partial charge is 0.159 e. The highest BCUT2D eigenvalue weighted by Crippen LogP contribution is 2.52. The van der Waals surface area contributed by atoms with Crippen LogP contribution < -0.4 is 0 Å². The van der Waals surface area contributed by atoms with Crippen molar-refractivity contribution in [2.75, 3.05) is 0 Å². The van der Waals surface area contributed by atoms with Crippen molar-refractivity contribution in [3.05, 3.63) is 298 Å². The Morgan fingerprint density at radius 3 is 0.629 bits per heavy atom. The van der Waals surface area contributed by atoms with Crippen LogP contribution >= 0.6 is 0 Å². The highest BCUT2D eigenvalue weighted by Gasteiger charge is 2.37. The predicted molar refractivity (Wildman–Crippen MR) is 387 cm³/mol. The molecule has 14 nitrogen and oxygen atoms in total. The van der Waals surface area contributed by atoms with E-state index in [-0.39, 0.29) is 0 Å². The van der Waals surface area contributed by atoms with E-state index in [2.05, 4.69) is 247 Å². The molecule has 11 aromatic carbocycles. The van der Waals surface area contributed by atoms with Crippen LogP contribution in [-0.2, 0) is 0 Å². The van der Waals surface area contributed by atoms with Gasteiger partial charge in [-0.1, -0.05) is 109 Å². The number of rotatable bonds is 9. The van der Waals surface area contributed by atoms with Gasteiger partial charge in [0, 0.05) is 126 Å². The van der Waals surface area contributed by atoms with Gasteiger partial charge in [-0.2, -0.15) is 5.26 Å². The van der Waals surface area contributed by atoms with Gasteiger partial charge in [-0.3, -0.25) is 0 Å². The van der Waals surface area contributed by atoms with Crippen LogP contribution in [0.4, 0.5) is 0 Å². The number of aromatic nitrogens is 13. The highest BCUT2D eigenvalue weighted by atomic mass is 15.2. The molecule has 450 valence electrons. The van der Waals surface area contributed by atoms with Gasteiger partial charge >= 0.3 is 0 Å². The van der Waals surface area contributed by atoms with Crippen LogP contribution in [0.3, 0.4) is 0 Å². The predicted octanol–water partition coefficient (Wildman–Crippen LogP) is 18.9. The van der Waals surface area contributed by atoms with E-state index in [9.17, 15) is 5.26 Å². The molecule has 14 heteroatoms. The molecule has 20 rings (SSSR count). The fourth-order valence-corrected chi connectivity index (χ4v) is 15.2. The van der Waals surface area contributed by atoms with Crippen molar-refractivity contribution < 1.29 is 0 Å². The van der Waals surface area contributed by atoms with Crippen LogP contribution in [0.15, 0.2) is 292 Å². The molecular formula is C83H48N14. The first-order valence-electron chi connectivity index (χ1n) is 32.0. The third-order valence-corrected chi connectivity index (χ3v) is 19.2. The van der Waals surface area contributed by atoms with Gasteiger partial charge in [-0.15, -0.1) is 0 Å². The lowest BCUT2D eigenvalue weighted by Crippen LogP contribution is -2.18. The van der Waals surface area contributed by atoms with Gasteiger partial charge < -0.3 is 22.8 Å². The van der Waals surface area contributed by atoms with E-state index in [0.717, 1.165) is 148 Å². The average Bonchev–Trinajstić information content (AvgIpc) is 1.57. The van der Waals surface area contributed by atoms with Gasteiger partial charge in [0.05, 0.1) is 83.6 Å². The van der Waals surface area contributed by atoms with Crippen LogP contribution in [-0.4, -0.2) is 62.7 Å². The molecule has 0 amide bonds. The number of hydrogen-bond donors (Lipinski definition) is 0. The van der Waals surface area contributed by atoms with E-state index in [1.54, 1.807) is 49.6 Å². The monoisotopic (exact) mass is 1240 g/mol. The minimum absolute atomic E-state index is 0.421. The standard InChI is InChI=1S/C83H48N14/c84-49-64-75(93-65-23-7-1-17-54(65)55-18-2-8-24-66(55)93)77(96-71-33-29-50(80-85-37-13-38-86-80)45-60(71)61-46-51(30-34-72(61)96)81-87-39-14-40-88-81)79(95-69-27-11-5-21-58(69)59-22-6-12-28-70(59)95)78(76(64)94-67-25-9-3-19-56(67)57-20-4-10-26-68(57)94)97-73-35-31-52(82-89-41-15-42-90-82)47-62(73)63-48-53(32-36-74(63)97)83-91-43-16-44-92-83/h1-48H. The number of para-hydroxylation sites is 6. The summed E-state index contributed by atoms with van der Waals surface area (Å²) in [7, 11) is 0. The molecule has 0 saturated carbocycles. The zero-order valence-electron chi connectivity index (χ0n) is 51.5. The van der Waals surface area contributed by atoms with Crippen molar-refractivity contribution in [2.24, 2.45) is 0 Å². The summed E-state index contributed by atoms with van der Waals surface area (Å²) in [5, 5.41) is 23.4. The molecular weight excluding hydrogens is 1190 g/mol. The molecule has 0 atom stereocenters. The van der Waals surface area contributed by atoms with Crippen LogP contribution in [0.5, 0.6) is 0 Å². The zero-order chi connectivity index (χ0) is 63.8. The number of benzene rings is 11. The third kappa shape index (κ3) is 7.94. The number of nitriles is 1. The van der Waals surface area contributed by atoms with E-state index >= 15 is 0 Å². The van der Waals surface area contributed by atoms with Crippen LogP contribution in [0.1, 0.15) is 5.56 Å². The number of fused-ring (bicyclic) bond motifs is 15. The van der Waals surface area contributed by atoms with Gasteiger partial charge in [0.25, 0.3) is 0 Å². The van der Waals surface area contributed by atoms with Crippen LogP contribution in [0, 0.1) is 11.3 Å². The second kappa shape index (κ2) is 21.1. The highest BCUT2D eigenvalue weighted by molar-refractivity contribution is 6.19. The van der Waals surface area contributed by atoms with Gasteiger partial charge in [-0.05, 0) is 133 Å². The minimum Gasteiger partial charge on any atom is -0.306 e. The maximum atomic E-state index is 13.4. The summed E-state index contributed by atoms with van der Waals surface area (Å²) >= 11 is 0. The van der Waals surface area contributed by atoms with Gasteiger partial charge in [0.2, 0.25) is 0 Å². The largest absolute Gasteiger partial charge is 0.306 e. The summed E-state index contributed by atoms with van der Waals surface area (Å²) in [4.78, 5) is 38.5. The van der Waals surface area contributed by atoms with E-state index < -0.39 is 0 Å². The van der Waals surface area contributed by atoms with Crippen molar-refractivity contribution >= 4 is 109 Å². The molecule has 0 unspecified atom stereocenters. The molecule has 0 bridgehead atoms. The van der Waals surface area contributed by atoms with Crippen LogP contribution in [0.25, 0.3) is 183 Å². The first-order chi connectivity index (χ1) is 48.1. The molecule has 0 saturated heterocycles. The second-order valence-electron chi connectivity index (χ2n) is 24.2. The minimum atomic E-state index is 0.421. The summed E-state index contributed by atoms with van der Waals surface area (Å²) < 4.78 is 12.0. The van der Waals surface area contributed by atoms with Crippen molar-refractivity contribution in [3.63, 3.8) is 0 Å². The van der Waals surface area contributed by atoms with Crippen molar-refractivity contribution in [2.45, 2.75) is 0 Å². The zero-order valence-corrected chi connectivity index (χ0v) is 51.5. The van der Waals surface area contributed by atoms with Crippen LogP contribution in [0.2, 0.25) is 0 Å². The lowest BCUT2D eigenvalue weighted by Gasteiger charge is -2.30. The van der Waals surface area contributed by atoms with Crippen molar-refractivity contribution in [3.8, 4) is 80.1 Å². The molecule has 97 heavy (non-hydrogen) atoms. The summed E-state index contributed by atoms with van der Waals surface area (Å²) in [6, 6.07) is 88.2. The number of nitrogens with zero attached hydrogens (tertiary/aromatic N) is 14. The van der Waals surface area contributed by atoms with Gasteiger partial charge in [0.15, 0.2) is 23.3 Å². The van der Waals surface area contributed by atoms with Crippen molar-refractivity contribution in [1.29, 1.82) is 5.26 Å². The van der Waals surface area contributed by atoms with E-state index in [1.807, 2.05) is 24.3 Å². The molecule has 0 aliphatic carbocycles. The molecule has 0 radical (unpaired) electrons. The first kappa shape index (κ1) is 53.8. The Labute approximate surface area is 551 Å². The van der Waals surface area contributed by atoms with E-state index in [4.69, 9.17) is 39.9 Å². The quantitative estimate of drug-likeness (QED) is 0.137. The Balaban J connectivity index is 1.10. The second-order valence-corrected chi connectivity index (χ2v) is 24.2. The molecule has 9 heterocycles. The molecule has 0 aliphatic heterocycles. The van der Waals surface area contributed by atoms with Gasteiger partial charge in [0.1, 0.15) is 11.6 Å². The third-order valence-electron chi connectivity index (χ3n) is 19.2. The molecule has 9 aromatic heterocycles. The summed E-state index contributed by atoms with van der Waals surface area (Å²) in [5.74, 6) is 2.35. The molecule has 0 fully saturated rings. The molecule has 0 N–H and O–H groups in total. The van der Waals surface area contributed by atoms with E-state index in [1.165, 1.54) is 0 Å². The Hall–Kier alpha value is -13.8. The van der Waals surface area contributed by atoms with Gasteiger partial charge in [-0.25, -0.2) is 39.9 Å². The van der Waals surface area contributed by atoms with E-state index in [0.29, 0.717) is 40.2 Å². The summed E-state index contributed by atoms with van der Waals surface area (Å²) in [6.07, 6.45) is 14.2. The fourth-order valence-electron chi connectivity index (χ4n) is 15.2. The fraction of sp³-hybridized carbons (Fsp3) is 0. The Morgan fingerprint density at radius 1 is 0.206 bits per heavy atom. The lowest BCUT2D eigenvalue weighted by molar-refractivity contribution is 0.992. The summed E-state index contributed by atoms with van der Waals surface area (Å²) in [6.45, 7) is 0. The Kier molecular flexibility index (Phi) is 11.7. The normalized spacial score (nSPS) is 11.9. The molecule has 20 aromatic rings. The molecule has 0 aliphatic rings. The van der Waals surface area contributed by atoms with Crippen molar-refractivity contribution in [1.82, 2.24) is 62.7 Å². The molecule has 0 spiro atoms. The Bertz CT molecular complexity index is 6000. The Morgan fingerprint density at radius 2 is 0.402 bits per heavy atom. The summed E-state index contributed by atoms with van der Waals surface area (Å²) in [5.41, 5.74) is 16.4.